The Labute approximate surface area is 179 Å². The molecular formula is C24H36N4S. The number of likely N-dealkylation sites (tertiary alicyclic amines) is 1. The molecule has 3 aliphatic rings. The van der Waals surface area contributed by atoms with Crippen LogP contribution in [0, 0.1) is 0 Å². The maximum Gasteiger partial charge on any atom is 0.141 e. The van der Waals surface area contributed by atoms with Crippen LogP contribution in [0.5, 0.6) is 0 Å². The van der Waals surface area contributed by atoms with Crippen LogP contribution in [0.1, 0.15) is 81.0 Å². The number of piperidine rings is 2. The van der Waals surface area contributed by atoms with E-state index in [4.69, 9.17) is 9.97 Å². The zero-order chi connectivity index (χ0) is 19.6. The van der Waals surface area contributed by atoms with Crippen LogP contribution in [-0.2, 0) is 19.3 Å². The molecule has 0 aromatic carbocycles. The minimum Gasteiger partial charge on any atom is -0.356 e. The molecule has 1 aliphatic carbocycles. The number of anilines is 1. The molecule has 0 N–H and O–H groups in total. The smallest absolute Gasteiger partial charge is 0.141 e. The van der Waals surface area contributed by atoms with E-state index in [0.717, 1.165) is 31.4 Å². The summed E-state index contributed by atoms with van der Waals surface area (Å²) in [6.45, 7) is 7.22. The highest BCUT2D eigenvalue weighted by Crippen LogP contribution is 2.40. The van der Waals surface area contributed by atoms with E-state index in [0.29, 0.717) is 0 Å². The van der Waals surface area contributed by atoms with E-state index < -0.39 is 0 Å². The molecule has 0 spiro atoms. The second-order valence-electron chi connectivity index (χ2n) is 9.27. The Morgan fingerprint density at radius 1 is 0.931 bits per heavy atom. The lowest BCUT2D eigenvalue weighted by atomic mass is 9.96. The summed E-state index contributed by atoms with van der Waals surface area (Å²) in [5.41, 5.74) is 1.59. The van der Waals surface area contributed by atoms with E-state index >= 15 is 0 Å². The van der Waals surface area contributed by atoms with Crippen LogP contribution < -0.4 is 4.90 Å². The van der Waals surface area contributed by atoms with Crippen molar-refractivity contribution >= 4 is 27.4 Å². The van der Waals surface area contributed by atoms with Crippen molar-refractivity contribution < 1.29 is 0 Å². The molecule has 2 saturated heterocycles. The van der Waals surface area contributed by atoms with Gasteiger partial charge in [0.1, 0.15) is 16.5 Å². The lowest BCUT2D eigenvalue weighted by molar-refractivity contribution is 0.141. The first-order chi connectivity index (χ1) is 14.3. The highest BCUT2D eigenvalue weighted by atomic mass is 32.1. The molecule has 2 aromatic heterocycles. The molecule has 4 heterocycles. The summed E-state index contributed by atoms with van der Waals surface area (Å²) >= 11 is 1.96. The van der Waals surface area contributed by atoms with Crippen LogP contribution in [0.15, 0.2) is 0 Å². The molecule has 0 atom stereocenters. The van der Waals surface area contributed by atoms with Gasteiger partial charge in [-0.2, -0.15) is 0 Å². The summed E-state index contributed by atoms with van der Waals surface area (Å²) < 4.78 is 0. The molecule has 29 heavy (non-hydrogen) atoms. The molecule has 4 nitrogen and oxygen atoms in total. The number of aryl methyl sites for hydroxylation is 3. The average molecular weight is 413 g/mol. The summed E-state index contributed by atoms with van der Waals surface area (Å²) in [6.07, 6.45) is 15.4. The van der Waals surface area contributed by atoms with Gasteiger partial charge in [0.25, 0.3) is 0 Å². The third-order valence-corrected chi connectivity index (χ3v) is 8.45. The summed E-state index contributed by atoms with van der Waals surface area (Å²) in [6, 6.07) is 0.792. The van der Waals surface area contributed by atoms with Gasteiger partial charge in [0.05, 0.1) is 5.39 Å². The van der Waals surface area contributed by atoms with E-state index in [1.54, 1.807) is 10.4 Å². The molecule has 2 aromatic rings. The van der Waals surface area contributed by atoms with Crippen LogP contribution in [0.4, 0.5) is 5.82 Å². The maximum absolute atomic E-state index is 5.19. The average Bonchev–Trinajstić information content (AvgIpc) is 3.16. The zero-order valence-electron chi connectivity index (χ0n) is 18.1. The van der Waals surface area contributed by atoms with Gasteiger partial charge in [-0.15, -0.1) is 11.3 Å². The Morgan fingerprint density at radius 3 is 2.52 bits per heavy atom. The summed E-state index contributed by atoms with van der Waals surface area (Å²) in [4.78, 5) is 18.5. The lowest BCUT2D eigenvalue weighted by Gasteiger charge is -2.40. The minimum atomic E-state index is 0.792. The van der Waals surface area contributed by atoms with E-state index in [-0.39, 0.29) is 0 Å². The van der Waals surface area contributed by atoms with Crippen molar-refractivity contribution in [2.24, 2.45) is 0 Å². The number of rotatable bonds is 5. The van der Waals surface area contributed by atoms with Gasteiger partial charge in [0, 0.05) is 30.4 Å². The SMILES string of the molecule is CCCCc1nc(N2CCC(N3CCCCC3)CC2)c2c3c(sc2n1)CCCC3. The molecule has 0 unspecified atom stereocenters. The van der Waals surface area contributed by atoms with Gasteiger partial charge in [-0.3, -0.25) is 0 Å². The molecule has 2 fully saturated rings. The van der Waals surface area contributed by atoms with E-state index in [2.05, 4.69) is 16.7 Å². The fraction of sp³-hybridized carbons (Fsp3) is 0.750. The molecule has 0 bridgehead atoms. The molecule has 5 heteroatoms. The topological polar surface area (TPSA) is 32.3 Å². The van der Waals surface area contributed by atoms with Crippen molar-refractivity contribution in [3.63, 3.8) is 0 Å². The normalized spacial score (nSPS) is 21.6. The summed E-state index contributed by atoms with van der Waals surface area (Å²) in [5, 5.41) is 1.42. The Morgan fingerprint density at radius 2 is 1.72 bits per heavy atom. The third kappa shape index (κ3) is 4.05. The fourth-order valence-electron chi connectivity index (χ4n) is 5.58. The van der Waals surface area contributed by atoms with Gasteiger partial charge < -0.3 is 9.80 Å². The number of hydrogen-bond acceptors (Lipinski definition) is 5. The standard InChI is InChI=1S/C24H36N4S/c1-2-3-11-21-25-23(22-19-9-5-6-10-20(19)29-24(22)26-21)28-16-12-18(13-17-28)27-14-7-4-8-15-27/h18H,2-17H2,1H3. The van der Waals surface area contributed by atoms with Crippen molar-refractivity contribution in [3.05, 3.63) is 16.3 Å². The van der Waals surface area contributed by atoms with Gasteiger partial charge in [-0.1, -0.05) is 19.8 Å². The molecule has 0 saturated carbocycles. The van der Waals surface area contributed by atoms with Gasteiger partial charge in [0.2, 0.25) is 0 Å². The molecule has 0 radical (unpaired) electrons. The predicted octanol–water partition coefficient (Wildman–Crippen LogP) is 5.37. The highest BCUT2D eigenvalue weighted by molar-refractivity contribution is 7.19. The van der Waals surface area contributed by atoms with Crippen molar-refractivity contribution in [2.75, 3.05) is 31.1 Å². The number of nitrogens with zero attached hydrogens (tertiary/aromatic N) is 4. The maximum atomic E-state index is 5.19. The number of aromatic nitrogens is 2. The lowest BCUT2D eigenvalue weighted by Crippen LogP contribution is -2.47. The first-order valence-electron chi connectivity index (χ1n) is 12.1. The van der Waals surface area contributed by atoms with Gasteiger partial charge in [-0.05, 0) is 76.4 Å². The second kappa shape index (κ2) is 8.89. The molecular weight excluding hydrogens is 376 g/mol. The quantitative estimate of drug-likeness (QED) is 0.661. The monoisotopic (exact) mass is 412 g/mol. The Kier molecular flexibility index (Phi) is 6.05. The third-order valence-electron chi connectivity index (χ3n) is 7.27. The van der Waals surface area contributed by atoms with Crippen molar-refractivity contribution in [1.82, 2.24) is 14.9 Å². The van der Waals surface area contributed by atoms with Crippen LogP contribution in [0.3, 0.4) is 0 Å². The zero-order valence-corrected chi connectivity index (χ0v) is 18.9. The Balaban J connectivity index is 1.42. The van der Waals surface area contributed by atoms with Crippen LogP contribution >= 0.6 is 11.3 Å². The van der Waals surface area contributed by atoms with Crippen LogP contribution in [0.25, 0.3) is 10.2 Å². The largest absolute Gasteiger partial charge is 0.356 e. The van der Waals surface area contributed by atoms with Gasteiger partial charge in [0.15, 0.2) is 0 Å². The first kappa shape index (κ1) is 19.7. The van der Waals surface area contributed by atoms with E-state index in [1.807, 2.05) is 11.3 Å². The van der Waals surface area contributed by atoms with Gasteiger partial charge in [-0.25, -0.2) is 9.97 Å². The molecule has 0 amide bonds. The van der Waals surface area contributed by atoms with E-state index in [9.17, 15) is 0 Å². The van der Waals surface area contributed by atoms with Crippen molar-refractivity contribution in [3.8, 4) is 0 Å². The predicted molar refractivity (Wildman–Crippen MR) is 123 cm³/mol. The Hall–Kier alpha value is -1.20. The van der Waals surface area contributed by atoms with Gasteiger partial charge >= 0.3 is 0 Å². The first-order valence-corrected chi connectivity index (χ1v) is 13.0. The van der Waals surface area contributed by atoms with Crippen molar-refractivity contribution in [2.45, 2.75) is 90.0 Å². The van der Waals surface area contributed by atoms with Crippen molar-refractivity contribution in [1.29, 1.82) is 0 Å². The number of unbranched alkanes of at least 4 members (excludes halogenated alkanes) is 1. The summed E-state index contributed by atoms with van der Waals surface area (Å²) in [5.74, 6) is 2.35. The van der Waals surface area contributed by atoms with Crippen LogP contribution in [0.2, 0.25) is 0 Å². The fourth-order valence-corrected chi connectivity index (χ4v) is 6.86. The van der Waals surface area contributed by atoms with Crippen LogP contribution in [-0.4, -0.2) is 47.1 Å². The number of hydrogen-bond donors (Lipinski definition) is 0. The molecule has 158 valence electrons. The highest BCUT2D eigenvalue weighted by Gasteiger charge is 2.29. The van der Waals surface area contributed by atoms with E-state index in [1.165, 1.54) is 99.8 Å². The Bertz CT molecular complexity index is 831. The number of thiophene rings is 1. The molecule has 2 aliphatic heterocycles. The molecule has 5 rings (SSSR count). The minimum absolute atomic E-state index is 0.792. The number of fused-ring (bicyclic) bond motifs is 3. The second-order valence-corrected chi connectivity index (χ2v) is 10.4. The summed E-state index contributed by atoms with van der Waals surface area (Å²) in [7, 11) is 0.